The third-order valence-corrected chi connectivity index (χ3v) is 4.39. The van der Waals surface area contributed by atoms with Gasteiger partial charge in [0.25, 0.3) is 5.91 Å². The van der Waals surface area contributed by atoms with Crippen LogP contribution in [0.1, 0.15) is 27.3 Å². The Hall–Kier alpha value is -2.56. The van der Waals surface area contributed by atoms with E-state index in [1.165, 1.54) is 4.90 Å². The van der Waals surface area contributed by atoms with E-state index in [0.717, 1.165) is 16.8 Å². The summed E-state index contributed by atoms with van der Waals surface area (Å²) < 4.78 is 1.79. The lowest BCUT2D eigenvalue weighted by molar-refractivity contribution is -0.142. The summed E-state index contributed by atoms with van der Waals surface area (Å²) in [5.74, 6) is -1.20. The molecule has 0 saturated heterocycles. The second kappa shape index (κ2) is 5.33. The highest BCUT2D eigenvalue weighted by Gasteiger charge is 2.35. The number of aromatic nitrogens is 1. The largest absolute Gasteiger partial charge is 0.480 e. The number of carbonyl (C=O) groups excluding carboxylic acids is 1. The van der Waals surface area contributed by atoms with Crippen LogP contribution in [-0.4, -0.2) is 32.5 Å². The highest BCUT2D eigenvalue weighted by Crippen LogP contribution is 2.25. The van der Waals surface area contributed by atoms with Crippen molar-refractivity contribution in [3.63, 3.8) is 0 Å². The molecular formula is C17H18N2O3. The average molecular weight is 298 g/mol. The molecule has 0 saturated carbocycles. The molecule has 1 N–H and O–H groups in total. The lowest BCUT2D eigenvalue weighted by atomic mass is 9.93. The zero-order valence-electron chi connectivity index (χ0n) is 12.6. The van der Waals surface area contributed by atoms with Gasteiger partial charge in [-0.25, -0.2) is 4.79 Å². The first-order valence-electron chi connectivity index (χ1n) is 7.22. The predicted octanol–water partition coefficient (Wildman–Crippen LogP) is 1.99. The number of nitrogens with zero attached hydrogens (tertiary/aromatic N) is 2. The van der Waals surface area contributed by atoms with Gasteiger partial charge in [0.05, 0.1) is 0 Å². The molecule has 0 aliphatic carbocycles. The molecule has 1 aromatic heterocycles. The number of carboxylic acids is 1. The molecule has 1 aliphatic rings. The number of rotatable bonds is 2. The summed E-state index contributed by atoms with van der Waals surface area (Å²) in [4.78, 5) is 25.9. The molecule has 0 bridgehead atoms. The smallest absolute Gasteiger partial charge is 0.326 e. The summed E-state index contributed by atoms with van der Waals surface area (Å²) in [6, 6.07) is 10.5. The number of aryl methyl sites for hydroxylation is 1. The van der Waals surface area contributed by atoms with Crippen molar-refractivity contribution in [1.29, 1.82) is 0 Å². The van der Waals surface area contributed by atoms with Gasteiger partial charge in [0, 0.05) is 25.7 Å². The minimum absolute atomic E-state index is 0.238. The fourth-order valence-electron chi connectivity index (χ4n) is 2.93. The maximum Gasteiger partial charge on any atom is 0.326 e. The minimum Gasteiger partial charge on any atom is -0.480 e. The number of fused-ring (bicyclic) bond motifs is 1. The van der Waals surface area contributed by atoms with Crippen molar-refractivity contribution in [2.45, 2.75) is 25.9 Å². The van der Waals surface area contributed by atoms with Gasteiger partial charge in [-0.05, 0) is 30.2 Å². The minimum atomic E-state index is -0.964. The van der Waals surface area contributed by atoms with E-state index < -0.39 is 12.0 Å². The number of benzene rings is 1. The maximum atomic E-state index is 12.8. The van der Waals surface area contributed by atoms with Crippen molar-refractivity contribution >= 4 is 11.9 Å². The Morgan fingerprint density at radius 1 is 1.14 bits per heavy atom. The first-order chi connectivity index (χ1) is 10.5. The van der Waals surface area contributed by atoms with Crippen LogP contribution in [0, 0.1) is 6.92 Å². The summed E-state index contributed by atoms with van der Waals surface area (Å²) in [6.07, 6.45) is 0.348. The van der Waals surface area contributed by atoms with Crippen molar-refractivity contribution in [1.82, 2.24) is 9.47 Å². The van der Waals surface area contributed by atoms with E-state index in [1.54, 1.807) is 10.6 Å². The van der Waals surface area contributed by atoms with Crippen molar-refractivity contribution in [2.75, 3.05) is 0 Å². The molecule has 2 aromatic rings. The third kappa shape index (κ3) is 2.28. The lowest BCUT2D eigenvalue weighted by Gasteiger charge is -2.34. The molecule has 0 unspecified atom stereocenters. The van der Waals surface area contributed by atoms with Crippen LogP contribution in [0.25, 0.3) is 0 Å². The fourth-order valence-corrected chi connectivity index (χ4v) is 2.93. The summed E-state index contributed by atoms with van der Waals surface area (Å²) in [6.45, 7) is 2.24. The van der Waals surface area contributed by atoms with E-state index in [2.05, 4.69) is 0 Å². The quantitative estimate of drug-likeness (QED) is 0.922. The van der Waals surface area contributed by atoms with Gasteiger partial charge in [-0.15, -0.1) is 0 Å². The normalized spacial score (nSPS) is 17.2. The van der Waals surface area contributed by atoms with Gasteiger partial charge in [-0.1, -0.05) is 24.3 Å². The molecule has 1 atom stereocenters. The topological polar surface area (TPSA) is 62.5 Å². The van der Waals surface area contributed by atoms with Crippen LogP contribution >= 0.6 is 0 Å². The summed E-state index contributed by atoms with van der Waals surface area (Å²) >= 11 is 0. The second-order valence-electron chi connectivity index (χ2n) is 5.68. The first kappa shape index (κ1) is 14.4. The Balaban J connectivity index is 1.99. The molecular weight excluding hydrogens is 280 g/mol. The van der Waals surface area contributed by atoms with Gasteiger partial charge in [0.1, 0.15) is 11.7 Å². The Morgan fingerprint density at radius 2 is 1.82 bits per heavy atom. The van der Waals surface area contributed by atoms with Crippen LogP contribution in [0.4, 0.5) is 0 Å². The molecule has 2 heterocycles. The summed E-state index contributed by atoms with van der Waals surface area (Å²) in [5, 5.41) is 9.50. The fraction of sp³-hybridized carbons (Fsp3) is 0.294. The number of amides is 1. The molecule has 5 nitrogen and oxygen atoms in total. The molecule has 0 fully saturated rings. The number of hydrogen-bond donors (Lipinski definition) is 1. The van der Waals surface area contributed by atoms with Gasteiger partial charge in [-0.3, -0.25) is 4.79 Å². The highest BCUT2D eigenvalue weighted by molar-refractivity contribution is 5.96. The van der Waals surface area contributed by atoms with Crippen molar-refractivity contribution < 1.29 is 14.7 Å². The van der Waals surface area contributed by atoms with E-state index in [-0.39, 0.29) is 5.91 Å². The van der Waals surface area contributed by atoms with Gasteiger partial charge < -0.3 is 14.6 Å². The average Bonchev–Trinajstić information content (AvgIpc) is 2.85. The Bertz CT molecular complexity index is 748. The van der Waals surface area contributed by atoms with Crippen LogP contribution in [0.2, 0.25) is 0 Å². The van der Waals surface area contributed by atoms with Crippen molar-refractivity contribution in [3.05, 3.63) is 58.9 Å². The summed E-state index contributed by atoms with van der Waals surface area (Å²) in [5.41, 5.74) is 3.50. The molecule has 1 aromatic carbocycles. The van der Waals surface area contributed by atoms with Crippen molar-refractivity contribution in [2.24, 2.45) is 7.05 Å². The van der Waals surface area contributed by atoms with Gasteiger partial charge in [0.2, 0.25) is 0 Å². The molecule has 22 heavy (non-hydrogen) atoms. The molecule has 0 radical (unpaired) electrons. The zero-order valence-corrected chi connectivity index (χ0v) is 12.6. The molecule has 114 valence electrons. The standard InChI is InChI=1S/C17H18N2O3/c1-11-7-8-14(18(11)2)16(20)19-10-13-6-4-3-5-12(13)9-15(19)17(21)22/h3-8,15H,9-10H2,1-2H3,(H,21,22)/t15-/m1/s1. The van der Waals surface area contributed by atoms with Crippen LogP contribution in [0.15, 0.2) is 36.4 Å². The first-order valence-corrected chi connectivity index (χ1v) is 7.22. The second-order valence-corrected chi connectivity index (χ2v) is 5.68. The van der Waals surface area contributed by atoms with Crippen LogP contribution in [0.3, 0.4) is 0 Å². The molecule has 1 amide bonds. The van der Waals surface area contributed by atoms with Crippen LogP contribution in [0.5, 0.6) is 0 Å². The maximum absolute atomic E-state index is 12.8. The highest BCUT2D eigenvalue weighted by atomic mass is 16.4. The van der Waals surface area contributed by atoms with E-state index >= 15 is 0 Å². The van der Waals surface area contributed by atoms with Crippen LogP contribution in [-0.2, 0) is 24.8 Å². The Morgan fingerprint density at radius 3 is 2.41 bits per heavy atom. The number of aliphatic carboxylic acids is 1. The number of hydrogen-bond acceptors (Lipinski definition) is 2. The number of carbonyl (C=O) groups is 2. The molecule has 1 aliphatic heterocycles. The molecule has 5 heteroatoms. The van der Waals surface area contributed by atoms with Gasteiger partial charge >= 0.3 is 5.97 Å². The Kier molecular flexibility index (Phi) is 3.48. The van der Waals surface area contributed by atoms with Gasteiger partial charge in [0.15, 0.2) is 0 Å². The molecule has 0 spiro atoms. The monoisotopic (exact) mass is 298 g/mol. The van der Waals surface area contributed by atoms with E-state index in [1.807, 2.05) is 44.3 Å². The zero-order chi connectivity index (χ0) is 15.9. The summed E-state index contributed by atoms with van der Waals surface area (Å²) in [7, 11) is 1.82. The third-order valence-electron chi connectivity index (χ3n) is 4.39. The molecule has 3 rings (SSSR count). The Labute approximate surface area is 128 Å². The van der Waals surface area contributed by atoms with Crippen LogP contribution < -0.4 is 0 Å². The van der Waals surface area contributed by atoms with E-state index in [9.17, 15) is 14.7 Å². The van der Waals surface area contributed by atoms with Gasteiger partial charge in [-0.2, -0.15) is 0 Å². The van der Waals surface area contributed by atoms with Crippen molar-refractivity contribution in [3.8, 4) is 0 Å². The predicted molar refractivity (Wildman–Crippen MR) is 81.6 cm³/mol. The number of carboxylic acid groups (broad SMARTS) is 1. The van der Waals surface area contributed by atoms with E-state index in [0.29, 0.717) is 18.7 Å². The van der Waals surface area contributed by atoms with E-state index in [4.69, 9.17) is 0 Å². The lowest BCUT2D eigenvalue weighted by Crippen LogP contribution is -2.49. The SMILES string of the molecule is Cc1ccc(C(=O)N2Cc3ccccc3C[C@@H]2C(=O)O)n1C.